The first-order valence-electron chi connectivity index (χ1n) is 8.08. The SMILES string of the molecule is CC1CCC(NC(C)c2cnn(-c3ccccc3)c2)CC1. The Hall–Kier alpha value is -1.61. The van der Waals surface area contributed by atoms with Gasteiger partial charge in [0.05, 0.1) is 11.9 Å². The molecule has 1 saturated carbocycles. The Bertz CT molecular complexity index is 553. The van der Waals surface area contributed by atoms with E-state index in [2.05, 4.69) is 42.6 Å². The van der Waals surface area contributed by atoms with Crippen LogP contribution in [0.4, 0.5) is 0 Å². The fourth-order valence-corrected chi connectivity index (χ4v) is 3.16. The lowest BCUT2D eigenvalue weighted by Gasteiger charge is -2.29. The minimum Gasteiger partial charge on any atom is -0.307 e. The predicted molar refractivity (Wildman–Crippen MR) is 86.5 cm³/mol. The van der Waals surface area contributed by atoms with Crippen molar-refractivity contribution < 1.29 is 0 Å². The summed E-state index contributed by atoms with van der Waals surface area (Å²) in [5.41, 5.74) is 2.37. The van der Waals surface area contributed by atoms with E-state index in [1.165, 1.54) is 31.2 Å². The molecule has 1 fully saturated rings. The molecule has 1 N–H and O–H groups in total. The molecule has 1 aliphatic carbocycles. The van der Waals surface area contributed by atoms with Crippen LogP contribution in [-0.2, 0) is 0 Å². The summed E-state index contributed by atoms with van der Waals surface area (Å²) < 4.78 is 1.95. The van der Waals surface area contributed by atoms with Crippen LogP contribution in [0.1, 0.15) is 51.1 Å². The van der Waals surface area contributed by atoms with E-state index in [9.17, 15) is 0 Å². The molecule has 21 heavy (non-hydrogen) atoms. The first-order chi connectivity index (χ1) is 10.2. The summed E-state index contributed by atoms with van der Waals surface area (Å²) in [5, 5.41) is 8.26. The molecule has 1 atom stereocenters. The molecule has 0 spiro atoms. The molecule has 1 aromatic carbocycles. The average Bonchev–Trinajstić information content (AvgIpc) is 3.00. The van der Waals surface area contributed by atoms with Gasteiger partial charge in [-0.2, -0.15) is 5.10 Å². The number of hydrogen-bond acceptors (Lipinski definition) is 2. The van der Waals surface area contributed by atoms with Gasteiger partial charge in [-0.1, -0.05) is 25.1 Å². The van der Waals surface area contributed by atoms with E-state index in [1.807, 2.05) is 29.1 Å². The number of hydrogen-bond donors (Lipinski definition) is 1. The van der Waals surface area contributed by atoms with Crippen molar-refractivity contribution in [3.63, 3.8) is 0 Å². The summed E-state index contributed by atoms with van der Waals surface area (Å²) in [6.07, 6.45) is 9.44. The van der Waals surface area contributed by atoms with Crippen molar-refractivity contribution in [3.8, 4) is 5.69 Å². The lowest BCUT2D eigenvalue weighted by atomic mass is 9.87. The Balaban J connectivity index is 1.63. The molecule has 3 rings (SSSR count). The zero-order valence-corrected chi connectivity index (χ0v) is 13.0. The quantitative estimate of drug-likeness (QED) is 0.915. The van der Waals surface area contributed by atoms with Crippen LogP contribution < -0.4 is 5.32 Å². The van der Waals surface area contributed by atoms with Crippen molar-refractivity contribution in [1.29, 1.82) is 0 Å². The monoisotopic (exact) mass is 283 g/mol. The number of para-hydroxylation sites is 1. The summed E-state index contributed by atoms with van der Waals surface area (Å²) in [7, 11) is 0. The maximum atomic E-state index is 4.49. The van der Waals surface area contributed by atoms with Crippen LogP contribution in [0.3, 0.4) is 0 Å². The van der Waals surface area contributed by atoms with E-state index in [1.54, 1.807) is 0 Å². The highest BCUT2D eigenvalue weighted by molar-refractivity contribution is 5.31. The van der Waals surface area contributed by atoms with Crippen LogP contribution in [-0.4, -0.2) is 15.8 Å². The van der Waals surface area contributed by atoms with Crippen molar-refractivity contribution in [2.75, 3.05) is 0 Å². The highest BCUT2D eigenvalue weighted by Crippen LogP contribution is 2.25. The molecule has 2 aromatic rings. The minimum absolute atomic E-state index is 0.362. The fraction of sp³-hybridized carbons (Fsp3) is 0.500. The van der Waals surface area contributed by atoms with Gasteiger partial charge in [-0.15, -0.1) is 0 Å². The fourth-order valence-electron chi connectivity index (χ4n) is 3.16. The summed E-state index contributed by atoms with van der Waals surface area (Å²) in [6, 6.07) is 11.3. The number of benzene rings is 1. The molecule has 1 aliphatic rings. The lowest BCUT2D eigenvalue weighted by Crippen LogP contribution is -2.34. The third-order valence-corrected chi connectivity index (χ3v) is 4.62. The molecule has 0 radical (unpaired) electrons. The Labute approximate surface area is 127 Å². The molecule has 0 saturated heterocycles. The Morgan fingerprint density at radius 1 is 1.14 bits per heavy atom. The van der Waals surface area contributed by atoms with Gasteiger partial charge in [-0.25, -0.2) is 4.68 Å². The maximum absolute atomic E-state index is 4.49. The van der Waals surface area contributed by atoms with Crippen molar-refractivity contribution in [3.05, 3.63) is 48.3 Å². The summed E-state index contributed by atoms with van der Waals surface area (Å²) in [5.74, 6) is 0.902. The number of aromatic nitrogens is 2. The van der Waals surface area contributed by atoms with Crippen LogP contribution in [0.25, 0.3) is 5.69 Å². The summed E-state index contributed by atoms with van der Waals surface area (Å²) >= 11 is 0. The van der Waals surface area contributed by atoms with Gasteiger partial charge in [-0.3, -0.25) is 0 Å². The molecule has 3 heteroatoms. The van der Waals surface area contributed by atoms with E-state index in [0.29, 0.717) is 12.1 Å². The third-order valence-electron chi connectivity index (χ3n) is 4.62. The molecule has 1 aromatic heterocycles. The van der Waals surface area contributed by atoms with E-state index in [-0.39, 0.29) is 0 Å². The minimum atomic E-state index is 0.362. The van der Waals surface area contributed by atoms with Gasteiger partial charge in [0, 0.05) is 23.8 Å². The van der Waals surface area contributed by atoms with Crippen LogP contribution >= 0.6 is 0 Å². The molecule has 0 aliphatic heterocycles. The third kappa shape index (κ3) is 3.53. The molecule has 1 unspecified atom stereocenters. The van der Waals surface area contributed by atoms with Crippen molar-refractivity contribution in [2.24, 2.45) is 5.92 Å². The molecule has 3 nitrogen and oxygen atoms in total. The first kappa shape index (κ1) is 14.3. The molecule has 0 bridgehead atoms. The number of nitrogens with zero attached hydrogens (tertiary/aromatic N) is 2. The maximum Gasteiger partial charge on any atom is 0.0645 e. The van der Waals surface area contributed by atoms with Gasteiger partial charge in [0.1, 0.15) is 0 Å². The van der Waals surface area contributed by atoms with E-state index < -0.39 is 0 Å². The Morgan fingerprint density at radius 3 is 2.57 bits per heavy atom. The topological polar surface area (TPSA) is 29.9 Å². The predicted octanol–water partition coefficient (Wildman–Crippen LogP) is 4.10. The van der Waals surface area contributed by atoms with Gasteiger partial charge >= 0.3 is 0 Å². The number of nitrogens with one attached hydrogen (secondary N) is 1. The zero-order chi connectivity index (χ0) is 14.7. The molecule has 112 valence electrons. The van der Waals surface area contributed by atoms with Crippen molar-refractivity contribution in [1.82, 2.24) is 15.1 Å². The van der Waals surface area contributed by atoms with E-state index >= 15 is 0 Å². The normalized spacial score (nSPS) is 23.9. The Kier molecular flexibility index (Phi) is 4.39. The average molecular weight is 283 g/mol. The molecule has 1 heterocycles. The Morgan fingerprint density at radius 2 is 1.86 bits per heavy atom. The highest BCUT2D eigenvalue weighted by Gasteiger charge is 2.20. The highest BCUT2D eigenvalue weighted by atomic mass is 15.3. The molecular formula is C18H25N3. The second-order valence-electron chi connectivity index (χ2n) is 6.40. The molecule has 0 amide bonds. The van der Waals surface area contributed by atoms with Crippen molar-refractivity contribution in [2.45, 2.75) is 51.6 Å². The van der Waals surface area contributed by atoms with Crippen molar-refractivity contribution >= 4 is 0 Å². The smallest absolute Gasteiger partial charge is 0.0645 e. The van der Waals surface area contributed by atoms with Crippen LogP contribution in [0, 0.1) is 5.92 Å². The largest absolute Gasteiger partial charge is 0.307 e. The zero-order valence-electron chi connectivity index (χ0n) is 13.0. The van der Waals surface area contributed by atoms with Crippen LogP contribution in [0.5, 0.6) is 0 Å². The second kappa shape index (κ2) is 6.44. The van der Waals surface area contributed by atoms with Gasteiger partial charge in [0.15, 0.2) is 0 Å². The van der Waals surface area contributed by atoms with E-state index in [4.69, 9.17) is 0 Å². The van der Waals surface area contributed by atoms with Gasteiger partial charge in [0.2, 0.25) is 0 Å². The van der Waals surface area contributed by atoms with E-state index in [0.717, 1.165) is 11.6 Å². The van der Waals surface area contributed by atoms with Gasteiger partial charge < -0.3 is 5.32 Å². The number of rotatable bonds is 4. The van der Waals surface area contributed by atoms with Gasteiger partial charge in [-0.05, 0) is 50.7 Å². The summed E-state index contributed by atoms with van der Waals surface area (Å²) in [4.78, 5) is 0. The van der Waals surface area contributed by atoms with Gasteiger partial charge in [0.25, 0.3) is 0 Å². The van der Waals surface area contributed by atoms with Crippen LogP contribution in [0.15, 0.2) is 42.7 Å². The first-order valence-corrected chi connectivity index (χ1v) is 8.08. The standard InChI is InChI=1S/C18H25N3/c1-14-8-10-17(11-9-14)20-15(2)16-12-19-21(13-16)18-6-4-3-5-7-18/h3-7,12-15,17,20H,8-11H2,1-2H3. The summed E-state index contributed by atoms with van der Waals surface area (Å²) in [6.45, 7) is 4.61. The molecular weight excluding hydrogens is 258 g/mol. The van der Waals surface area contributed by atoms with Crippen LogP contribution in [0.2, 0.25) is 0 Å². The lowest BCUT2D eigenvalue weighted by molar-refractivity contribution is 0.292. The second-order valence-corrected chi connectivity index (χ2v) is 6.40.